The van der Waals surface area contributed by atoms with E-state index in [1.54, 1.807) is 0 Å². The lowest BCUT2D eigenvalue weighted by Gasteiger charge is -2.10. The second-order valence-electron chi connectivity index (χ2n) is 7.21. The molecule has 0 atom stereocenters. The van der Waals surface area contributed by atoms with Gasteiger partial charge in [0.2, 0.25) is 0 Å². The van der Waals surface area contributed by atoms with E-state index in [0.29, 0.717) is 5.56 Å². The van der Waals surface area contributed by atoms with Crippen LogP contribution in [0.15, 0.2) is 78.9 Å². The molecule has 0 saturated heterocycles. The lowest BCUT2D eigenvalue weighted by molar-refractivity contribution is 0.0600. The van der Waals surface area contributed by atoms with Crippen molar-refractivity contribution in [1.29, 1.82) is 0 Å². The van der Waals surface area contributed by atoms with E-state index < -0.39 is 0 Å². The molecule has 0 amide bonds. The maximum Gasteiger partial charge on any atom is 0.337 e. The fraction of sp³-hybridized carbons (Fsp3) is 0.269. The molecule has 3 aromatic rings. The van der Waals surface area contributed by atoms with E-state index in [1.807, 2.05) is 24.3 Å². The second kappa shape index (κ2) is 10.5. The molecule has 3 rings (SSSR count). The minimum Gasteiger partial charge on any atom is -0.465 e. The van der Waals surface area contributed by atoms with Gasteiger partial charge in [-0.2, -0.15) is 0 Å². The first-order valence-corrected chi connectivity index (χ1v) is 10.0. The number of aryl methyl sites for hydroxylation is 4. The number of rotatable bonds is 9. The minimum atomic E-state index is -0.255. The van der Waals surface area contributed by atoms with Gasteiger partial charge in [-0.25, -0.2) is 4.79 Å². The molecule has 0 radical (unpaired) electrons. The molecule has 0 heterocycles. The SMILES string of the molecule is COC(=O)c1cc(CCCc2ccccc2)cc(CCCc2ccccc2)c1. The van der Waals surface area contributed by atoms with Gasteiger partial charge in [-0.3, -0.25) is 0 Å². The van der Waals surface area contributed by atoms with Gasteiger partial charge in [0.25, 0.3) is 0 Å². The molecular weight excluding hydrogens is 344 g/mol. The maximum atomic E-state index is 12.1. The summed E-state index contributed by atoms with van der Waals surface area (Å²) < 4.78 is 4.95. The molecule has 0 N–H and O–H groups in total. The normalized spacial score (nSPS) is 10.6. The van der Waals surface area contributed by atoms with Crippen LogP contribution in [-0.2, 0) is 30.4 Å². The Morgan fingerprint density at radius 3 is 1.50 bits per heavy atom. The highest BCUT2D eigenvalue weighted by Crippen LogP contribution is 2.17. The first kappa shape index (κ1) is 19.9. The van der Waals surface area contributed by atoms with Crippen LogP contribution in [0.2, 0.25) is 0 Å². The summed E-state index contributed by atoms with van der Waals surface area (Å²) in [6.07, 6.45) is 6.16. The largest absolute Gasteiger partial charge is 0.465 e. The summed E-state index contributed by atoms with van der Waals surface area (Å²) >= 11 is 0. The first-order chi connectivity index (χ1) is 13.7. The molecule has 144 valence electrons. The monoisotopic (exact) mass is 372 g/mol. The Kier molecular flexibility index (Phi) is 7.43. The third-order valence-corrected chi connectivity index (χ3v) is 5.02. The summed E-state index contributed by atoms with van der Waals surface area (Å²) in [5.74, 6) is -0.255. The van der Waals surface area contributed by atoms with E-state index >= 15 is 0 Å². The fourth-order valence-electron chi connectivity index (χ4n) is 3.57. The van der Waals surface area contributed by atoms with Crippen molar-refractivity contribution < 1.29 is 9.53 Å². The average molecular weight is 373 g/mol. The average Bonchev–Trinajstić information content (AvgIpc) is 2.74. The summed E-state index contributed by atoms with van der Waals surface area (Å²) in [7, 11) is 1.44. The smallest absolute Gasteiger partial charge is 0.337 e. The van der Waals surface area contributed by atoms with Gasteiger partial charge in [-0.05, 0) is 72.9 Å². The quantitative estimate of drug-likeness (QED) is 0.442. The Labute approximate surface area is 168 Å². The summed E-state index contributed by atoms with van der Waals surface area (Å²) in [5.41, 5.74) is 5.81. The molecule has 2 heteroatoms. The highest BCUT2D eigenvalue weighted by Gasteiger charge is 2.09. The molecule has 3 aromatic carbocycles. The second-order valence-corrected chi connectivity index (χ2v) is 7.21. The summed E-state index contributed by atoms with van der Waals surface area (Å²) in [6.45, 7) is 0. The van der Waals surface area contributed by atoms with Crippen LogP contribution in [-0.4, -0.2) is 13.1 Å². The number of benzene rings is 3. The van der Waals surface area contributed by atoms with E-state index in [-0.39, 0.29) is 5.97 Å². The molecule has 28 heavy (non-hydrogen) atoms. The number of esters is 1. The number of hydrogen-bond acceptors (Lipinski definition) is 2. The Bertz CT molecular complexity index is 806. The van der Waals surface area contributed by atoms with Crippen LogP contribution in [0.4, 0.5) is 0 Å². The van der Waals surface area contributed by atoms with Gasteiger partial charge in [0.1, 0.15) is 0 Å². The standard InChI is InChI=1S/C26H28O2/c1-28-26(27)25-19-23(16-8-14-21-10-4-2-5-11-21)18-24(20-25)17-9-15-22-12-6-3-7-13-22/h2-7,10-13,18-20H,8-9,14-17H2,1H3. The molecule has 0 saturated carbocycles. The molecule has 0 aliphatic carbocycles. The van der Waals surface area contributed by atoms with E-state index in [2.05, 4.69) is 54.6 Å². The van der Waals surface area contributed by atoms with Crippen LogP contribution in [0, 0.1) is 0 Å². The van der Waals surface area contributed by atoms with Crippen molar-refractivity contribution in [1.82, 2.24) is 0 Å². The van der Waals surface area contributed by atoms with Crippen molar-refractivity contribution in [3.63, 3.8) is 0 Å². The van der Waals surface area contributed by atoms with Crippen molar-refractivity contribution in [2.24, 2.45) is 0 Å². The zero-order valence-corrected chi connectivity index (χ0v) is 16.6. The van der Waals surface area contributed by atoms with Gasteiger partial charge in [0.05, 0.1) is 12.7 Å². The number of carbonyl (C=O) groups excluding carboxylic acids is 1. The van der Waals surface area contributed by atoms with Crippen LogP contribution in [0.1, 0.15) is 45.5 Å². The van der Waals surface area contributed by atoms with E-state index in [4.69, 9.17) is 4.74 Å². The fourth-order valence-corrected chi connectivity index (χ4v) is 3.57. The molecule has 0 unspecified atom stereocenters. The van der Waals surface area contributed by atoms with Crippen molar-refractivity contribution in [3.8, 4) is 0 Å². The van der Waals surface area contributed by atoms with Gasteiger partial charge in [-0.15, -0.1) is 0 Å². The Hall–Kier alpha value is -2.87. The highest BCUT2D eigenvalue weighted by atomic mass is 16.5. The number of ether oxygens (including phenoxy) is 1. The lowest BCUT2D eigenvalue weighted by atomic mass is 9.97. The minimum absolute atomic E-state index is 0.255. The van der Waals surface area contributed by atoms with Crippen molar-refractivity contribution in [2.45, 2.75) is 38.5 Å². The molecule has 0 fully saturated rings. The van der Waals surface area contributed by atoms with Gasteiger partial charge >= 0.3 is 5.97 Å². The van der Waals surface area contributed by atoms with Crippen molar-refractivity contribution >= 4 is 5.97 Å². The van der Waals surface area contributed by atoms with E-state index in [1.165, 1.54) is 29.4 Å². The number of carbonyl (C=O) groups is 1. The molecule has 0 aromatic heterocycles. The topological polar surface area (TPSA) is 26.3 Å². The van der Waals surface area contributed by atoms with Crippen LogP contribution >= 0.6 is 0 Å². The van der Waals surface area contributed by atoms with Crippen LogP contribution in [0.3, 0.4) is 0 Å². The van der Waals surface area contributed by atoms with E-state index in [0.717, 1.165) is 38.5 Å². The van der Waals surface area contributed by atoms with Crippen LogP contribution in [0.5, 0.6) is 0 Å². The number of methoxy groups -OCH3 is 1. The molecule has 0 bridgehead atoms. The van der Waals surface area contributed by atoms with Gasteiger partial charge < -0.3 is 4.74 Å². The first-order valence-electron chi connectivity index (χ1n) is 10.0. The summed E-state index contributed by atoms with van der Waals surface area (Å²) in [4.78, 5) is 12.1. The molecule has 0 spiro atoms. The zero-order chi connectivity index (χ0) is 19.6. The third kappa shape index (κ3) is 6.09. The highest BCUT2D eigenvalue weighted by molar-refractivity contribution is 5.89. The van der Waals surface area contributed by atoms with Gasteiger partial charge in [0.15, 0.2) is 0 Å². The predicted octanol–water partition coefficient (Wildman–Crippen LogP) is 5.82. The van der Waals surface area contributed by atoms with Gasteiger partial charge in [-0.1, -0.05) is 66.7 Å². The Balaban J connectivity index is 1.63. The third-order valence-electron chi connectivity index (χ3n) is 5.02. The Morgan fingerprint density at radius 1 is 0.643 bits per heavy atom. The molecular formula is C26H28O2. The predicted molar refractivity (Wildman–Crippen MR) is 115 cm³/mol. The summed E-state index contributed by atoms with van der Waals surface area (Å²) in [6, 6.07) is 27.3. The molecule has 0 aliphatic heterocycles. The van der Waals surface area contributed by atoms with Crippen molar-refractivity contribution in [3.05, 3.63) is 107 Å². The van der Waals surface area contributed by atoms with E-state index in [9.17, 15) is 4.79 Å². The Morgan fingerprint density at radius 2 is 1.07 bits per heavy atom. The molecule has 2 nitrogen and oxygen atoms in total. The van der Waals surface area contributed by atoms with Gasteiger partial charge in [0, 0.05) is 0 Å². The number of hydrogen-bond donors (Lipinski definition) is 0. The summed E-state index contributed by atoms with van der Waals surface area (Å²) in [5, 5.41) is 0. The zero-order valence-electron chi connectivity index (χ0n) is 16.6. The maximum absolute atomic E-state index is 12.1. The molecule has 0 aliphatic rings. The van der Waals surface area contributed by atoms with Crippen molar-refractivity contribution in [2.75, 3.05) is 7.11 Å². The van der Waals surface area contributed by atoms with Crippen LogP contribution in [0.25, 0.3) is 0 Å². The lowest BCUT2D eigenvalue weighted by Crippen LogP contribution is -2.04. The van der Waals surface area contributed by atoms with Crippen LogP contribution < -0.4 is 0 Å².